The number of benzene rings is 2. The molecule has 41 heavy (non-hydrogen) atoms. The first-order chi connectivity index (χ1) is 19.6. The van der Waals surface area contributed by atoms with Crippen LogP contribution in [0.3, 0.4) is 0 Å². The number of nitrogens with zero attached hydrogens (tertiary/aromatic N) is 4. The zero-order valence-electron chi connectivity index (χ0n) is 22.2. The van der Waals surface area contributed by atoms with E-state index in [0.717, 1.165) is 28.1 Å². The maximum absolute atomic E-state index is 10.8. The van der Waals surface area contributed by atoms with E-state index in [-0.39, 0.29) is 25.7 Å². The van der Waals surface area contributed by atoms with Crippen molar-refractivity contribution in [2.45, 2.75) is 6.92 Å². The SMILES string of the molecule is Cc1ccnc(-c2cc(C(=O)O)ccn2)c1.[Ir].[c-]1ccccc1-c1ccccn1.[c-]1ccccc1-c1ccccn1. The van der Waals surface area contributed by atoms with Gasteiger partial charge in [0.1, 0.15) is 0 Å². The Hall–Kier alpha value is -4.84. The number of aryl methyl sites for hydroxylation is 1. The smallest absolute Gasteiger partial charge is 0.335 e. The fraction of sp³-hybridized carbons (Fsp3) is 0.0294. The van der Waals surface area contributed by atoms with Crippen LogP contribution in [0, 0.1) is 19.1 Å². The van der Waals surface area contributed by atoms with Crippen molar-refractivity contribution in [3.8, 4) is 33.9 Å². The zero-order chi connectivity index (χ0) is 28.0. The van der Waals surface area contributed by atoms with Gasteiger partial charge in [0.2, 0.25) is 0 Å². The third-order valence-electron chi connectivity index (χ3n) is 5.48. The van der Waals surface area contributed by atoms with E-state index < -0.39 is 5.97 Å². The molecule has 0 spiro atoms. The molecule has 2 aromatic carbocycles. The summed E-state index contributed by atoms with van der Waals surface area (Å²) in [6.07, 6.45) is 6.73. The van der Waals surface area contributed by atoms with Gasteiger partial charge in [-0.3, -0.25) is 9.97 Å². The molecule has 6 nitrogen and oxygen atoms in total. The van der Waals surface area contributed by atoms with Crippen LogP contribution in [0.1, 0.15) is 15.9 Å². The van der Waals surface area contributed by atoms with E-state index in [1.54, 1.807) is 18.6 Å². The molecule has 0 amide bonds. The summed E-state index contributed by atoms with van der Waals surface area (Å²) in [4.78, 5) is 27.5. The maximum atomic E-state index is 10.8. The van der Waals surface area contributed by atoms with E-state index in [1.165, 1.54) is 18.3 Å². The zero-order valence-corrected chi connectivity index (χ0v) is 24.6. The second-order valence-corrected chi connectivity index (χ2v) is 8.44. The topological polar surface area (TPSA) is 88.9 Å². The summed E-state index contributed by atoms with van der Waals surface area (Å²) in [6, 6.07) is 40.4. The number of carbonyl (C=O) groups is 1. The van der Waals surface area contributed by atoms with Gasteiger partial charge in [0, 0.05) is 44.9 Å². The second kappa shape index (κ2) is 16.3. The summed E-state index contributed by atoms with van der Waals surface area (Å²) in [7, 11) is 0. The first-order valence-electron chi connectivity index (χ1n) is 12.5. The van der Waals surface area contributed by atoms with Crippen molar-refractivity contribution in [2.75, 3.05) is 0 Å². The van der Waals surface area contributed by atoms with Gasteiger partial charge in [-0.2, -0.15) is 0 Å². The van der Waals surface area contributed by atoms with Crippen LogP contribution < -0.4 is 0 Å². The second-order valence-electron chi connectivity index (χ2n) is 8.44. The molecular weight excluding hydrogens is 689 g/mol. The summed E-state index contributed by atoms with van der Waals surface area (Å²) in [5.41, 5.74) is 6.56. The van der Waals surface area contributed by atoms with Crippen molar-refractivity contribution in [1.29, 1.82) is 0 Å². The van der Waals surface area contributed by atoms with Gasteiger partial charge in [0.25, 0.3) is 0 Å². The minimum atomic E-state index is -0.962. The number of hydrogen-bond acceptors (Lipinski definition) is 5. The molecule has 1 N–H and O–H groups in total. The monoisotopic (exact) mass is 715 g/mol. The number of aromatic carboxylic acids is 1. The molecule has 0 fully saturated rings. The average Bonchev–Trinajstić information content (AvgIpc) is 3.03. The van der Waals surface area contributed by atoms with E-state index in [9.17, 15) is 4.79 Å². The summed E-state index contributed by atoms with van der Waals surface area (Å²) in [5, 5.41) is 8.86. The van der Waals surface area contributed by atoms with Gasteiger partial charge >= 0.3 is 5.97 Å². The van der Waals surface area contributed by atoms with E-state index in [2.05, 4.69) is 32.1 Å². The Balaban J connectivity index is 0.000000169. The van der Waals surface area contributed by atoms with Gasteiger partial charge in [-0.25, -0.2) is 4.79 Å². The normalized spacial score (nSPS) is 9.59. The van der Waals surface area contributed by atoms with Crippen LogP contribution in [-0.2, 0) is 20.1 Å². The van der Waals surface area contributed by atoms with Crippen LogP contribution >= 0.6 is 0 Å². The van der Waals surface area contributed by atoms with Gasteiger partial charge in [0.15, 0.2) is 0 Å². The van der Waals surface area contributed by atoms with Crippen molar-refractivity contribution in [3.63, 3.8) is 0 Å². The minimum absolute atomic E-state index is 0. The molecule has 6 rings (SSSR count). The summed E-state index contributed by atoms with van der Waals surface area (Å²) in [5.74, 6) is -0.962. The molecule has 0 aliphatic carbocycles. The quantitative estimate of drug-likeness (QED) is 0.194. The number of carboxylic acid groups (broad SMARTS) is 1. The Morgan fingerprint density at radius 2 is 1.07 bits per heavy atom. The van der Waals surface area contributed by atoms with E-state index >= 15 is 0 Å². The molecule has 0 aliphatic heterocycles. The fourth-order valence-electron chi connectivity index (χ4n) is 3.53. The van der Waals surface area contributed by atoms with Crippen molar-refractivity contribution in [3.05, 3.63) is 157 Å². The van der Waals surface area contributed by atoms with E-state index in [4.69, 9.17) is 5.11 Å². The summed E-state index contributed by atoms with van der Waals surface area (Å²) < 4.78 is 0. The van der Waals surface area contributed by atoms with Crippen LogP contribution in [0.5, 0.6) is 0 Å². The molecular formula is C34H26IrN4O2-2. The van der Waals surface area contributed by atoms with Crippen LogP contribution in [0.4, 0.5) is 0 Å². The molecule has 205 valence electrons. The number of carboxylic acids is 1. The first kappa shape index (κ1) is 30.7. The van der Waals surface area contributed by atoms with Crippen LogP contribution in [-0.4, -0.2) is 31.0 Å². The molecule has 0 aliphatic rings. The van der Waals surface area contributed by atoms with Gasteiger partial charge in [-0.05, 0) is 60.3 Å². The predicted octanol–water partition coefficient (Wildman–Crippen LogP) is 7.25. The van der Waals surface area contributed by atoms with Gasteiger partial charge in [0.05, 0.1) is 17.0 Å². The Kier molecular flexibility index (Phi) is 12.2. The van der Waals surface area contributed by atoms with Gasteiger partial charge < -0.3 is 15.1 Å². The Bertz CT molecular complexity index is 1470. The number of pyridine rings is 4. The predicted molar refractivity (Wildman–Crippen MR) is 156 cm³/mol. The number of rotatable bonds is 4. The van der Waals surface area contributed by atoms with E-state index in [0.29, 0.717) is 11.4 Å². The number of aromatic nitrogens is 4. The third-order valence-corrected chi connectivity index (χ3v) is 5.48. The summed E-state index contributed by atoms with van der Waals surface area (Å²) in [6.45, 7) is 1.95. The molecule has 0 saturated carbocycles. The molecule has 0 unspecified atom stereocenters. The Morgan fingerprint density at radius 3 is 1.51 bits per heavy atom. The maximum Gasteiger partial charge on any atom is 0.335 e. The molecule has 4 heterocycles. The first-order valence-corrected chi connectivity index (χ1v) is 12.5. The van der Waals surface area contributed by atoms with Crippen LogP contribution in [0.25, 0.3) is 33.9 Å². The van der Waals surface area contributed by atoms with Crippen molar-refractivity contribution < 1.29 is 30.0 Å². The van der Waals surface area contributed by atoms with Crippen molar-refractivity contribution in [1.82, 2.24) is 19.9 Å². The largest absolute Gasteiger partial charge is 0.478 e. The molecule has 7 heteroatoms. The molecule has 1 radical (unpaired) electrons. The minimum Gasteiger partial charge on any atom is -0.478 e. The molecule has 4 aromatic heterocycles. The van der Waals surface area contributed by atoms with Crippen molar-refractivity contribution >= 4 is 5.97 Å². The van der Waals surface area contributed by atoms with E-state index in [1.807, 2.05) is 104 Å². The van der Waals surface area contributed by atoms with Gasteiger partial charge in [-0.1, -0.05) is 24.3 Å². The average molecular weight is 715 g/mol. The molecule has 6 aromatic rings. The molecule has 0 saturated heterocycles. The molecule has 0 bridgehead atoms. The van der Waals surface area contributed by atoms with Crippen LogP contribution in [0.2, 0.25) is 0 Å². The Labute approximate surface area is 253 Å². The fourth-order valence-corrected chi connectivity index (χ4v) is 3.53. The number of hydrogen-bond donors (Lipinski definition) is 1. The Morgan fingerprint density at radius 1 is 0.585 bits per heavy atom. The van der Waals surface area contributed by atoms with Crippen molar-refractivity contribution in [2.24, 2.45) is 0 Å². The third kappa shape index (κ3) is 9.69. The van der Waals surface area contributed by atoms with Gasteiger partial charge in [-0.15, -0.1) is 71.8 Å². The standard InChI is InChI=1S/C12H10N2O2.2C11H8N.Ir/c1-8-2-4-13-10(6-8)11-7-9(12(15)16)3-5-14-11;2*1-2-6-10(7-3-1)11-8-4-5-9-12-11;/h2-7H,1H3,(H,15,16);2*1-6,8-9H;/q;2*-1;. The molecule has 0 atom stereocenters. The van der Waals surface area contributed by atoms with Crippen LogP contribution in [0.15, 0.2) is 134 Å². The summed E-state index contributed by atoms with van der Waals surface area (Å²) >= 11 is 0.